The number of rotatable bonds is 6. The summed E-state index contributed by atoms with van der Waals surface area (Å²) in [5.74, 6) is 1.66. The molecule has 1 saturated heterocycles. The molecule has 4 heterocycles. The zero-order valence-electron chi connectivity index (χ0n) is 19.2. The van der Waals surface area contributed by atoms with Crippen molar-refractivity contribution >= 4 is 50.3 Å². The number of aromatic nitrogens is 2. The van der Waals surface area contributed by atoms with Crippen LogP contribution < -0.4 is 15.5 Å². The molecule has 1 aliphatic rings. The maximum absolute atomic E-state index is 12.1. The summed E-state index contributed by atoms with van der Waals surface area (Å²) in [5, 5.41) is 9.62. The van der Waals surface area contributed by atoms with E-state index in [2.05, 4.69) is 43.0 Å². The molecule has 0 bridgehead atoms. The van der Waals surface area contributed by atoms with Gasteiger partial charge in [-0.3, -0.25) is 4.79 Å². The van der Waals surface area contributed by atoms with Gasteiger partial charge in [0, 0.05) is 41.8 Å². The zero-order chi connectivity index (χ0) is 23.5. The van der Waals surface area contributed by atoms with Gasteiger partial charge < -0.3 is 20.3 Å². The summed E-state index contributed by atoms with van der Waals surface area (Å²) in [6, 6.07) is 14.1. The van der Waals surface area contributed by atoms with Crippen LogP contribution in [0.2, 0.25) is 0 Å². The van der Waals surface area contributed by atoms with Gasteiger partial charge in [-0.05, 0) is 41.3 Å². The highest BCUT2D eigenvalue weighted by molar-refractivity contribution is 7.17. The number of thiophene rings is 1. The van der Waals surface area contributed by atoms with Crippen molar-refractivity contribution < 1.29 is 9.53 Å². The second-order valence-electron chi connectivity index (χ2n) is 8.57. The lowest BCUT2D eigenvalue weighted by Crippen LogP contribution is -2.36. The number of fused-ring (bicyclic) bond motifs is 1. The van der Waals surface area contributed by atoms with Crippen LogP contribution >= 0.6 is 11.3 Å². The third-order valence-corrected chi connectivity index (χ3v) is 6.71. The van der Waals surface area contributed by atoms with Crippen molar-refractivity contribution in [3.63, 3.8) is 0 Å². The van der Waals surface area contributed by atoms with Crippen molar-refractivity contribution in [2.45, 2.75) is 13.8 Å². The highest BCUT2D eigenvalue weighted by Crippen LogP contribution is 2.36. The topological polar surface area (TPSA) is 79.4 Å². The lowest BCUT2D eigenvalue weighted by atomic mass is 10.0. The Morgan fingerprint density at radius 3 is 2.68 bits per heavy atom. The average molecular weight is 474 g/mol. The molecule has 5 rings (SSSR count). The molecule has 1 fully saturated rings. The van der Waals surface area contributed by atoms with Gasteiger partial charge >= 0.3 is 0 Å². The number of hydrogen-bond donors (Lipinski definition) is 2. The minimum absolute atomic E-state index is 0.0104. The van der Waals surface area contributed by atoms with E-state index in [1.165, 1.54) is 0 Å². The van der Waals surface area contributed by atoms with E-state index in [1.54, 1.807) is 11.3 Å². The van der Waals surface area contributed by atoms with Crippen LogP contribution in [0.5, 0.6) is 0 Å². The van der Waals surface area contributed by atoms with Crippen LogP contribution in [0.4, 0.5) is 23.0 Å². The second kappa shape index (κ2) is 9.79. The molecular weight excluding hydrogens is 446 g/mol. The molecule has 0 saturated carbocycles. The fourth-order valence-electron chi connectivity index (χ4n) is 3.86. The summed E-state index contributed by atoms with van der Waals surface area (Å²) in [7, 11) is 0. The predicted molar refractivity (Wildman–Crippen MR) is 139 cm³/mol. The first-order valence-corrected chi connectivity index (χ1v) is 12.3. The Morgan fingerprint density at radius 1 is 1.06 bits per heavy atom. The van der Waals surface area contributed by atoms with Gasteiger partial charge in [-0.25, -0.2) is 9.97 Å². The minimum Gasteiger partial charge on any atom is -0.378 e. The van der Waals surface area contributed by atoms with Crippen LogP contribution in [-0.4, -0.2) is 42.2 Å². The molecule has 0 radical (unpaired) electrons. The van der Waals surface area contributed by atoms with Crippen molar-refractivity contribution in [1.29, 1.82) is 0 Å². The van der Waals surface area contributed by atoms with Crippen LogP contribution in [-0.2, 0) is 9.53 Å². The summed E-state index contributed by atoms with van der Waals surface area (Å²) < 4.78 is 6.53. The lowest BCUT2D eigenvalue weighted by Gasteiger charge is -2.27. The van der Waals surface area contributed by atoms with Gasteiger partial charge in [0.2, 0.25) is 5.91 Å². The molecule has 4 aromatic rings. The molecular formula is C26H27N5O2S. The molecule has 3 aromatic heterocycles. The molecule has 2 N–H and O–H groups in total. The van der Waals surface area contributed by atoms with E-state index in [9.17, 15) is 4.79 Å². The molecule has 8 heteroatoms. The largest absolute Gasteiger partial charge is 0.378 e. The fraction of sp³-hybridized carbons (Fsp3) is 0.269. The monoisotopic (exact) mass is 473 g/mol. The lowest BCUT2D eigenvalue weighted by molar-refractivity contribution is -0.118. The first-order chi connectivity index (χ1) is 16.6. The highest BCUT2D eigenvalue weighted by Gasteiger charge is 2.13. The summed E-state index contributed by atoms with van der Waals surface area (Å²) in [5.41, 5.74) is 3.86. The number of anilines is 4. The van der Waals surface area contributed by atoms with Gasteiger partial charge in [0.15, 0.2) is 0 Å². The Kier molecular flexibility index (Phi) is 6.42. The van der Waals surface area contributed by atoms with Crippen LogP contribution in [0.15, 0.2) is 60.2 Å². The van der Waals surface area contributed by atoms with Crippen molar-refractivity contribution in [3.8, 4) is 11.1 Å². The smallest absolute Gasteiger partial charge is 0.226 e. The molecule has 7 nitrogen and oxygen atoms in total. The van der Waals surface area contributed by atoms with Gasteiger partial charge in [-0.2, -0.15) is 0 Å². The number of carbonyl (C=O) groups excluding carboxylic acids is 1. The molecule has 1 amide bonds. The van der Waals surface area contributed by atoms with E-state index in [0.717, 1.165) is 70.5 Å². The Bertz CT molecular complexity index is 1300. The SMILES string of the molecule is CC(C)C(=O)Nc1cccc(-c2csc3cnc(Nc4ccc(N5CCOCC5)nc4)cc23)c1. The Balaban J connectivity index is 1.37. The molecule has 34 heavy (non-hydrogen) atoms. The van der Waals surface area contributed by atoms with E-state index >= 15 is 0 Å². The molecule has 0 atom stereocenters. The number of carbonyl (C=O) groups is 1. The van der Waals surface area contributed by atoms with Crippen LogP contribution in [0.3, 0.4) is 0 Å². The number of nitrogens with one attached hydrogen (secondary N) is 2. The number of amides is 1. The number of pyridine rings is 2. The van der Waals surface area contributed by atoms with Gasteiger partial charge in [0.25, 0.3) is 0 Å². The van der Waals surface area contributed by atoms with Crippen LogP contribution in [0.1, 0.15) is 13.8 Å². The van der Waals surface area contributed by atoms with Crippen LogP contribution in [0, 0.1) is 5.92 Å². The minimum atomic E-state index is -0.0669. The molecule has 174 valence electrons. The number of hydrogen-bond acceptors (Lipinski definition) is 7. The number of morpholine rings is 1. The maximum Gasteiger partial charge on any atom is 0.226 e. The third kappa shape index (κ3) is 4.88. The van der Waals surface area contributed by atoms with E-state index in [-0.39, 0.29) is 11.8 Å². The quantitative estimate of drug-likeness (QED) is 0.383. The van der Waals surface area contributed by atoms with Gasteiger partial charge in [0.05, 0.1) is 29.8 Å². The number of ether oxygens (including phenoxy) is 1. The molecule has 1 aromatic carbocycles. The van der Waals surface area contributed by atoms with Gasteiger partial charge in [0.1, 0.15) is 11.6 Å². The molecule has 0 unspecified atom stereocenters. The van der Waals surface area contributed by atoms with Crippen molar-refractivity contribution in [2.75, 3.05) is 41.8 Å². The first kappa shape index (κ1) is 22.3. The van der Waals surface area contributed by atoms with Gasteiger partial charge in [-0.15, -0.1) is 11.3 Å². The Hall–Kier alpha value is -3.49. The first-order valence-electron chi connectivity index (χ1n) is 11.4. The summed E-state index contributed by atoms with van der Waals surface area (Å²) in [6.45, 7) is 6.98. The number of benzene rings is 1. The van der Waals surface area contributed by atoms with E-state index in [1.807, 2.05) is 56.6 Å². The van der Waals surface area contributed by atoms with Crippen molar-refractivity contribution in [1.82, 2.24) is 9.97 Å². The molecule has 1 aliphatic heterocycles. The van der Waals surface area contributed by atoms with Gasteiger partial charge in [-0.1, -0.05) is 26.0 Å². The normalized spacial score (nSPS) is 13.9. The Morgan fingerprint density at radius 2 is 1.91 bits per heavy atom. The fourth-order valence-corrected chi connectivity index (χ4v) is 4.78. The average Bonchev–Trinajstić information content (AvgIpc) is 3.28. The molecule has 0 spiro atoms. The summed E-state index contributed by atoms with van der Waals surface area (Å²) in [6.07, 6.45) is 3.73. The highest BCUT2D eigenvalue weighted by atomic mass is 32.1. The summed E-state index contributed by atoms with van der Waals surface area (Å²) >= 11 is 1.66. The molecule has 0 aliphatic carbocycles. The van der Waals surface area contributed by atoms with Crippen molar-refractivity contribution in [2.24, 2.45) is 5.92 Å². The standard InChI is InChI=1S/C26H27N5O2S/c1-17(2)26(32)30-19-5-3-4-18(12-19)22-16-34-23-15-27-24(13-21(22)23)29-20-6-7-25(28-14-20)31-8-10-33-11-9-31/h3-7,12-17H,8-11H2,1-2H3,(H,27,29)(H,30,32). The maximum atomic E-state index is 12.1. The Labute approximate surface area is 202 Å². The third-order valence-electron chi connectivity index (χ3n) is 5.78. The van der Waals surface area contributed by atoms with Crippen LogP contribution in [0.25, 0.3) is 21.2 Å². The number of nitrogens with zero attached hydrogens (tertiary/aromatic N) is 3. The van der Waals surface area contributed by atoms with E-state index in [4.69, 9.17) is 4.74 Å². The van der Waals surface area contributed by atoms with E-state index in [0.29, 0.717) is 0 Å². The van der Waals surface area contributed by atoms with Crippen molar-refractivity contribution in [3.05, 3.63) is 60.2 Å². The second-order valence-corrected chi connectivity index (χ2v) is 9.48. The zero-order valence-corrected chi connectivity index (χ0v) is 20.1. The van der Waals surface area contributed by atoms with E-state index < -0.39 is 0 Å². The predicted octanol–water partition coefficient (Wildman–Crippen LogP) is 5.53. The summed E-state index contributed by atoms with van der Waals surface area (Å²) in [4.78, 5) is 23.5.